The lowest BCUT2D eigenvalue weighted by Crippen LogP contribution is -2.40. The number of hydrogen-bond donors (Lipinski definition) is 2. The molecule has 1 saturated heterocycles. The topological polar surface area (TPSA) is 104 Å². The maximum absolute atomic E-state index is 13.1. The van der Waals surface area contributed by atoms with Crippen molar-refractivity contribution in [1.82, 2.24) is 9.79 Å². The molecule has 0 aliphatic carbocycles. The lowest BCUT2D eigenvalue weighted by Gasteiger charge is -2.31. The summed E-state index contributed by atoms with van der Waals surface area (Å²) in [7, 11) is -3.80. The van der Waals surface area contributed by atoms with Crippen LogP contribution in [0.4, 0.5) is 0 Å². The third-order valence-corrected chi connectivity index (χ3v) is 6.95. The van der Waals surface area contributed by atoms with Gasteiger partial charge in [0, 0.05) is 24.6 Å². The first kappa shape index (κ1) is 20.2. The van der Waals surface area contributed by atoms with Gasteiger partial charge in [-0.2, -0.15) is 4.31 Å². The number of ketones is 1. The number of nitrogens with zero attached hydrogens (tertiary/aromatic N) is 1. The van der Waals surface area contributed by atoms with Gasteiger partial charge in [0.05, 0.1) is 11.3 Å². The molecule has 0 unspecified atom stereocenters. The van der Waals surface area contributed by atoms with Crippen molar-refractivity contribution >= 4 is 21.7 Å². The summed E-state index contributed by atoms with van der Waals surface area (Å²) in [5.74, 6) is -0.850. The van der Waals surface area contributed by atoms with E-state index in [1.54, 1.807) is 30.3 Å². The monoisotopic (exact) mass is 402 g/mol. The second-order valence-corrected chi connectivity index (χ2v) is 8.63. The Morgan fingerprint density at radius 3 is 2.25 bits per heavy atom. The maximum Gasteiger partial charge on any atom is 0.247 e. The van der Waals surface area contributed by atoms with Crippen molar-refractivity contribution in [2.75, 3.05) is 13.1 Å². The second kappa shape index (κ2) is 8.64. The minimum atomic E-state index is -3.80. The van der Waals surface area contributed by atoms with Crippen LogP contribution in [0.3, 0.4) is 0 Å². The van der Waals surface area contributed by atoms with E-state index in [1.165, 1.54) is 15.9 Å². The molecule has 1 fully saturated rings. The summed E-state index contributed by atoms with van der Waals surface area (Å²) in [4.78, 5) is 24.1. The van der Waals surface area contributed by atoms with Crippen LogP contribution in [0.15, 0.2) is 59.5 Å². The molecule has 0 spiro atoms. The van der Waals surface area contributed by atoms with Crippen LogP contribution in [0.2, 0.25) is 0 Å². The zero-order valence-electron chi connectivity index (χ0n) is 15.2. The first-order chi connectivity index (χ1) is 13.4. The van der Waals surface area contributed by atoms with E-state index in [-0.39, 0.29) is 36.1 Å². The van der Waals surface area contributed by atoms with Crippen LogP contribution in [0, 0.1) is 5.92 Å². The zero-order valence-corrected chi connectivity index (χ0v) is 16.1. The molecule has 0 atom stereocenters. The highest BCUT2D eigenvalue weighted by Gasteiger charge is 2.33. The Bertz CT molecular complexity index is 952. The summed E-state index contributed by atoms with van der Waals surface area (Å²) < 4.78 is 27.5. The Kier molecular flexibility index (Phi) is 6.23. The van der Waals surface area contributed by atoms with Crippen LogP contribution in [0.1, 0.15) is 28.8 Å². The minimum absolute atomic E-state index is 0.0395. The first-order valence-corrected chi connectivity index (χ1v) is 10.5. The van der Waals surface area contributed by atoms with E-state index in [9.17, 15) is 18.0 Å². The smallest absolute Gasteiger partial charge is 0.247 e. The largest absolute Gasteiger partial charge is 0.294 e. The van der Waals surface area contributed by atoms with Crippen molar-refractivity contribution in [1.29, 1.82) is 0 Å². The van der Waals surface area contributed by atoms with E-state index >= 15 is 0 Å². The normalized spacial score (nSPS) is 15.9. The number of Topliss-reactive ketones (excluding diaryl/α,β-unsaturated/α-hetero) is 1. The Balaban J connectivity index is 1.73. The number of carbonyl (C=O) groups excluding carboxylic acids is 2. The third-order valence-electron chi connectivity index (χ3n) is 4.95. The highest BCUT2D eigenvalue weighted by Crippen LogP contribution is 2.28. The van der Waals surface area contributed by atoms with E-state index in [0.717, 1.165) is 0 Å². The van der Waals surface area contributed by atoms with Gasteiger partial charge in [0.25, 0.3) is 0 Å². The van der Waals surface area contributed by atoms with Gasteiger partial charge in [-0.1, -0.05) is 48.5 Å². The lowest BCUT2D eigenvalue weighted by molar-refractivity contribution is -0.128. The summed E-state index contributed by atoms with van der Waals surface area (Å²) in [5.41, 5.74) is 2.48. The number of nitrogens with one attached hydrogen (secondary N) is 1. The summed E-state index contributed by atoms with van der Waals surface area (Å²) in [6.07, 6.45) is 0.660. The number of rotatable bonds is 6. The molecule has 3 rings (SSSR count). The van der Waals surface area contributed by atoms with Crippen LogP contribution in [0.5, 0.6) is 0 Å². The molecule has 7 nitrogen and oxygen atoms in total. The Morgan fingerprint density at radius 1 is 1.00 bits per heavy atom. The average molecular weight is 402 g/mol. The van der Waals surface area contributed by atoms with E-state index in [0.29, 0.717) is 24.0 Å². The van der Waals surface area contributed by atoms with Gasteiger partial charge in [0.1, 0.15) is 0 Å². The van der Waals surface area contributed by atoms with Crippen LogP contribution in [-0.2, 0) is 21.2 Å². The number of amides is 1. The Labute approximate surface area is 164 Å². The molecule has 2 N–H and O–H groups in total. The van der Waals surface area contributed by atoms with Gasteiger partial charge >= 0.3 is 0 Å². The molecule has 2 aromatic rings. The van der Waals surface area contributed by atoms with Crippen LogP contribution < -0.4 is 5.48 Å². The number of benzene rings is 2. The van der Waals surface area contributed by atoms with E-state index < -0.39 is 15.9 Å². The van der Waals surface area contributed by atoms with Crippen molar-refractivity contribution in [2.45, 2.75) is 24.2 Å². The molecule has 0 bridgehead atoms. The summed E-state index contributed by atoms with van der Waals surface area (Å²) in [6, 6.07) is 15.3. The quantitative estimate of drug-likeness (QED) is 0.437. The minimum Gasteiger partial charge on any atom is -0.294 e. The van der Waals surface area contributed by atoms with Gasteiger partial charge in [-0.05, 0) is 24.5 Å². The fourth-order valence-corrected chi connectivity index (χ4v) is 5.14. The molecule has 1 heterocycles. The van der Waals surface area contributed by atoms with Crippen molar-refractivity contribution in [3.05, 3.63) is 65.7 Å². The second-order valence-electron chi connectivity index (χ2n) is 6.73. The molecule has 1 amide bonds. The highest BCUT2D eigenvalue weighted by molar-refractivity contribution is 7.89. The third kappa shape index (κ3) is 4.30. The SMILES string of the molecule is O=C(Cc1ccccc1S(=O)(=O)N1CCC(C(=O)c2ccccc2)CC1)NO. The van der Waals surface area contributed by atoms with Crippen molar-refractivity contribution in [3.63, 3.8) is 0 Å². The molecule has 1 aliphatic heterocycles. The lowest BCUT2D eigenvalue weighted by atomic mass is 9.90. The molecular weight excluding hydrogens is 380 g/mol. The predicted octanol–water partition coefficient (Wildman–Crippen LogP) is 2.02. The fraction of sp³-hybridized carbons (Fsp3) is 0.300. The highest BCUT2D eigenvalue weighted by atomic mass is 32.2. The Hall–Kier alpha value is -2.55. The summed E-state index contributed by atoms with van der Waals surface area (Å²) in [5, 5.41) is 8.72. The molecule has 0 aromatic heterocycles. The van der Waals surface area contributed by atoms with Crippen molar-refractivity contribution in [3.8, 4) is 0 Å². The average Bonchev–Trinajstić information content (AvgIpc) is 2.74. The summed E-state index contributed by atoms with van der Waals surface area (Å²) >= 11 is 0. The number of hydrogen-bond acceptors (Lipinski definition) is 5. The molecular formula is C20H22N2O5S. The van der Waals surface area contributed by atoms with Crippen LogP contribution >= 0.6 is 0 Å². The van der Waals surface area contributed by atoms with Gasteiger partial charge in [0.2, 0.25) is 15.9 Å². The molecule has 0 radical (unpaired) electrons. The molecule has 148 valence electrons. The molecule has 8 heteroatoms. The van der Waals surface area contributed by atoms with E-state index in [2.05, 4.69) is 0 Å². The standard InChI is InChI=1S/C20H22N2O5S/c23-19(21-25)14-17-8-4-5-9-18(17)28(26,27)22-12-10-16(11-13-22)20(24)15-6-2-1-3-7-15/h1-9,16,25H,10-14H2,(H,21,23). The van der Waals surface area contributed by atoms with Gasteiger partial charge in [-0.25, -0.2) is 13.9 Å². The van der Waals surface area contributed by atoms with Gasteiger partial charge in [-0.15, -0.1) is 0 Å². The number of sulfonamides is 1. The first-order valence-electron chi connectivity index (χ1n) is 9.03. The van der Waals surface area contributed by atoms with Crippen LogP contribution in [0.25, 0.3) is 0 Å². The van der Waals surface area contributed by atoms with Crippen molar-refractivity contribution in [2.24, 2.45) is 5.92 Å². The molecule has 2 aromatic carbocycles. The van der Waals surface area contributed by atoms with E-state index in [1.807, 2.05) is 18.2 Å². The number of piperidine rings is 1. The molecule has 28 heavy (non-hydrogen) atoms. The molecule has 0 saturated carbocycles. The number of carbonyl (C=O) groups is 2. The van der Waals surface area contributed by atoms with Crippen molar-refractivity contribution < 1.29 is 23.2 Å². The van der Waals surface area contributed by atoms with Gasteiger partial charge < -0.3 is 0 Å². The van der Waals surface area contributed by atoms with E-state index in [4.69, 9.17) is 5.21 Å². The maximum atomic E-state index is 13.1. The van der Waals surface area contributed by atoms with Gasteiger partial charge in [-0.3, -0.25) is 14.8 Å². The zero-order chi connectivity index (χ0) is 20.1. The predicted molar refractivity (Wildman–Crippen MR) is 102 cm³/mol. The van der Waals surface area contributed by atoms with Gasteiger partial charge in [0.15, 0.2) is 5.78 Å². The number of hydroxylamine groups is 1. The van der Waals surface area contributed by atoms with Crippen LogP contribution in [-0.4, -0.2) is 42.7 Å². The summed E-state index contributed by atoms with van der Waals surface area (Å²) in [6.45, 7) is 0.484. The Morgan fingerprint density at radius 2 is 1.61 bits per heavy atom. The fourth-order valence-electron chi connectivity index (χ4n) is 3.45. The molecule has 1 aliphatic rings.